The quantitative estimate of drug-likeness (QED) is 0.390. The van der Waals surface area contributed by atoms with Gasteiger partial charge in [0, 0.05) is 43.9 Å². The van der Waals surface area contributed by atoms with Crippen molar-refractivity contribution in [2.45, 2.75) is 32.7 Å². The fourth-order valence-corrected chi connectivity index (χ4v) is 4.12. The Morgan fingerprint density at radius 2 is 1.91 bits per heavy atom. The predicted molar refractivity (Wildman–Crippen MR) is 123 cm³/mol. The summed E-state index contributed by atoms with van der Waals surface area (Å²) in [5.41, 5.74) is 1.85. The summed E-state index contributed by atoms with van der Waals surface area (Å²) in [6, 6.07) is 12.9. The van der Waals surface area contributed by atoms with Crippen LogP contribution in [0.5, 0.6) is 5.75 Å². The number of carbonyl (C=O) groups is 2. The van der Waals surface area contributed by atoms with Crippen molar-refractivity contribution in [3.8, 4) is 5.75 Å². The first-order chi connectivity index (χ1) is 16.5. The van der Waals surface area contributed by atoms with Gasteiger partial charge in [0.1, 0.15) is 17.1 Å². The molecule has 0 saturated heterocycles. The van der Waals surface area contributed by atoms with Gasteiger partial charge in [-0.15, -0.1) is 0 Å². The number of amides is 1. The van der Waals surface area contributed by atoms with E-state index < -0.39 is 5.97 Å². The van der Waals surface area contributed by atoms with Gasteiger partial charge in [-0.2, -0.15) is 0 Å². The number of fused-ring (bicyclic) bond motifs is 1. The summed E-state index contributed by atoms with van der Waals surface area (Å²) in [5, 5.41) is 3.80. The minimum absolute atomic E-state index is 0.211. The third-order valence-corrected chi connectivity index (χ3v) is 5.83. The van der Waals surface area contributed by atoms with E-state index in [1.807, 2.05) is 30.3 Å². The molecule has 178 valence electrons. The van der Waals surface area contributed by atoms with Crippen molar-refractivity contribution in [2.24, 2.45) is 0 Å². The van der Waals surface area contributed by atoms with Gasteiger partial charge in [-0.3, -0.25) is 9.59 Å². The highest BCUT2D eigenvalue weighted by atomic mass is 16.5. The van der Waals surface area contributed by atoms with E-state index >= 15 is 0 Å². The Morgan fingerprint density at radius 1 is 1.12 bits per heavy atom. The molecule has 4 rings (SSSR count). The second-order valence-electron chi connectivity index (χ2n) is 8.11. The molecule has 0 unspecified atom stereocenters. The Bertz CT molecular complexity index is 1230. The van der Waals surface area contributed by atoms with Crippen LogP contribution in [-0.4, -0.2) is 53.3 Å². The van der Waals surface area contributed by atoms with Crippen molar-refractivity contribution in [2.75, 3.05) is 26.8 Å². The molecule has 9 heteroatoms. The molecule has 0 bridgehead atoms. The van der Waals surface area contributed by atoms with Crippen LogP contribution in [0.15, 0.2) is 51.8 Å². The molecular formula is C25H27N3O6. The summed E-state index contributed by atoms with van der Waals surface area (Å²) in [5.74, 6) is -0.105. The maximum atomic E-state index is 12.9. The molecule has 2 aromatic heterocycles. The Kier molecular flexibility index (Phi) is 7.10. The van der Waals surface area contributed by atoms with E-state index in [2.05, 4.69) is 5.16 Å². The van der Waals surface area contributed by atoms with E-state index in [0.717, 1.165) is 12.8 Å². The summed E-state index contributed by atoms with van der Waals surface area (Å²) in [7, 11) is 1.29. The molecule has 1 aliphatic rings. The Hall–Kier alpha value is -3.88. The van der Waals surface area contributed by atoms with Gasteiger partial charge in [-0.05, 0) is 25.3 Å². The first-order valence-corrected chi connectivity index (χ1v) is 11.2. The number of hydrogen-bond donors (Lipinski definition) is 0. The summed E-state index contributed by atoms with van der Waals surface area (Å²) in [6.45, 7) is 2.92. The van der Waals surface area contributed by atoms with Gasteiger partial charge >= 0.3 is 5.97 Å². The van der Waals surface area contributed by atoms with E-state index in [-0.39, 0.29) is 35.0 Å². The lowest BCUT2D eigenvalue weighted by molar-refractivity contribution is 0.0593. The molecule has 3 heterocycles. The maximum Gasteiger partial charge on any atom is 0.343 e. The van der Waals surface area contributed by atoms with Crippen molar-refractivity contribution >= 4 is 11.9 Å². The summed E-state index contributed by atoms with van der Waals surface area (Å²) < 4.78 is 17.4. The number of carbonyl (C=O) groups excluding carboxylic acids is 2. The average molecular weight is 466 g/mol. The van der Waals surface area contributed by atoms with E-state index in [1.54, 1.807) is 17.9 Å². The van der Waals surface area contributed by atoms with Gasteiger partial charge in [0.25, 0.3) is 11.5 Å². The van der Waals surface area contributed by atoms with E-state index in [0.29, 0.717) is 37.6 Å². The molecule has 0 aliphatic carbocycles. The molecule has 0 saturated carbocycles. The largest absolute Gasteiger partial charge is 0.492 e. The van der Waals surface area contributed by atoms with E-state index in [9.17, 15) is 14.4 Å². The lowest BCUT2D eigenvalue weighted by Gasteiger charge is -2.18. The van der Waals surface area contributed by atoms with Gasteiger partial charge < -0.3 is 23.5 Å². The molecule has 1 amide bonds. The monoisotopic (exact) mass is 465 g/mol. The number of aromatic nitrogens is 2. The normalized spacial score (nSPS) is 13.2. The van der Waals surface area contributed by atoms with Crippen LogP contribution < -0.4 is 10.3 Å². The first kappa shape index (κ1) is 23.3. The lowest BCUT2D eigenvalue weighted by atomic mass is 10.1. The molecule has 0 N–H and O–H groups in total. The zero-order valence-corrected chi connectivity index (χ0v) is 19.3. The topological polar surface area (TPSA) is 104 Å². The van der Waals surface area contributed by atoms with Crippen molar-refractivity contribution in [3.05, 3.63) is 81.1 Å². The van der Waals surface area contributed by atoms with Crippen LogP contribution in [0.2, 0.25) is 0 Å². The smallest absolute Gasteiger partial charge is 0.343 e. The molecule has 3 aromatic rings. The van der Waals surface area contributed by atoms with Crippen molar-refractivity contribution < 1.29 is 23.6 Å². The number of ether oxygens (including phenoxy) is 2. The minimum Gasteiger partial charge on any atom is -0.492 e. The SMILES string of the molecule is COC(=O)c1c(OCCCc2ccccc2)cc(=O)n2c1CCN(C(=O)c1cc(C)on1)CC2. The van der Waals surface area contributed by atoms with Crippen molar-refractivity contribution in [1.29, 1.82) is 0 Å². The molecule has 0 fully saturated rings. The number of hydrogen-bond acceptors (Lipinski definition) is 7. The second kappa shape index (κ2) is 10.4. The number of benzene rings is 1. The van der Waals surface area contributed by atoms with Crippen LogP contribution in [0.3, 0.4) is 0 Å². The van der Waals surface area contributed by atoms with E-state index in [4.69, 9.17) is 14.0 Å². The number of pyridine rings is 1. The zero-order chi connectivity index (χ0) is 24.1. The first-order valence-electron chi connectivity index (χ1n) is 11.2. The van der Waals surface area contributed by atoms with Crippen LogP contribution in [-0.2, 0) is 24.1 Å². The Morgan fingerprint density at radius 3 is 2.62 bits per heavy atom. The number of aryl methyl sites for hydroxylation is 2. The van der Waals surface area contributed by atoms with Gasteiger partial charge in [-0.1, -0.05) is 35.5 Å². The highest BCUT2D eigenvalue weighted by molar-refractivity contribution is 5.94. The summed E-state index contributed by atoms with van der Waals surface area (Å²) >= 11 is 0. The molecule has 34 heavy (non-hydrogen) atoms. The van der Waals surface area contributed by atoms with Crippen LogP contribution in [0.1, 0.15) is 44.3 Å². The zero-order valence-electron chi connectivity index (χ0n) is 19.3. The Labute approximate surface area is 196 Å². The summed E-state index contributed by atoms with van der Waals surface area (Å²) in [4.78, 5) is 40.0. The van der Waals surface area contributed by atoms with Gasteiger partial charge in [0.2, 0.25) is 0 Å². The average Bonchev–Trinajstić information content (AvgIpc) is 3.16. The van der Waals surface area contributed by atoms with Crippen molar-refractivity contribution in [1.82, 2.24) is 14.6 Å². The van der Waals surface area contributed by atoms with Crippen molar-refractivity contribution in [3.63, 3.8) is 0 Å². The molecular weight excluding hydrogens is 438 g/mol. The fourth-order valence-electron chi connectivity index (χ4n) is 4.12. The maximum absolute atomic E-state index is 12.9. The number of esters is 1. The van der Waals surface area contributed by atoms with Crippen LogP contribution >= 0.6 is 0 Å². The van der Waals surface area contributed by atoms with E-state index in [1.165, 1.54) is 23.3 Å². The number of rotatable bonds is 7. The Balaban J connectivity index is 1.54. The number of methoxy groups -OCH3 is 1. The van der Waals surface area contributed by atoms with Gasteiger partial charge in [-0.25, -0.2) is 4.79 Å². The molecule has 9 nitrogen and oxygen atoms in total. The standard InChI is InChI=1S/C25H27N3O6/c1-17-15-19(26-34-17)24(30)27-11-10-20-23(25(31)32-2)21(16-22(29)28(20)13-12-27)33-14-6-9-18-7-4-3-5-8-18/h3-5,7-8,15-16H,6,9-14H2,1-2H3. The lowest BCUT2D eigenvalue weighted by Crippen LogP contribution is -2.34. The highest BCUT2D eigenvalue weighted by Gasteiger charge is 2.28. The van der Waals surface area contributed by atoms with Crippen LogP contribution in [0, 0.1) is 6.92 Å². The number of nitrogens with zero attached hydrogens (tertiary/aromatic N) is 3. The fraction of sp³-hybridized carbons (Fsp3) is 0.360. The van der Waals surface area contributed by atoms with Gasteiger partial charge in [0.15, 0.2) is 5.69 Å². The van der Waals surface area contributed by atoms with Crippen LogP contribution in [0.25, 0.3) is 0 Å². The van der Waals surface area contributed by atoms with Gasteiger partial charge in [0.05, 0.1) is 13.7 Å². The second-order valence-corrected chi connectivity index (χ2v) is 8.11. The van der Waals surface area contributed by atoms with Crippen LogP contribution in [0.4, 0.5) is 0 Å². The third-order valence-electron chi connectivity index (χ3n) is 5.83. The summed E-state index contributed by atoms with van der Waals surface area (Å²) in [6.07, 6.45) is 1.84. The minimum atomic E-state index is -0.575. The molecule has 0 spiro atoms. The highest BCUT2D eigenvalue weighted by Crippen LogP contribution is 2.25. The molecule has 1 aliphatic heterocycles. The molecule has 0 radical (unpaired) electrons. The third kappa shape index (κ3) is 5.03. The molecule has 0 atom stereocenters. The molecule has 1 aromatic carbocycles. The predicted octanol–water partition coefficient (Wildman–Crippen LogP) is 2.64.